The average molecular weight is 334 g/mol. The Morgan fingerprint density at radius 2 is 1.87 bits per heavy atom. The first-order valence-corrected chi connectivity index (χ1v) is 6.94. The van der Waals surface area contributed by atoms with Crippen LogP contribution in [0, 0.1) is 11.6 Å². The van der Waals surface area contributed by atoms with E-state index in [4.69, 9.17) is 11.6 Å². The lowest BCUT2D eigenvalue weighted by molar-refractivity contribution is 0.586. The van der Waals surface area contributed by atoms with Gasteiger partial charge in [-0.05, 0) is 46.8 Å². The van der Waals surface area contributed by atoms with Crippen LogP contribution in [0.2, 0.25) is 5.02 Å². The molecule has 0 bridgehead atoms. The van der Waals surface area contributed by atoms with E-state index in [-0.39, 0.29) is 5.69 Å². The van der Waals surface area contributed by atoms with Crippen molar-refractivity contribution in [2.45, 2.75) is 0 Å². The third-order valence-corrected chi connectivity index (χ3v) is 3.22. The number of aromatic nitrogens is 4. The molecule has 0 aliphatic carbocycles. The lowest BCUT2D eigenvalue weighted by Gasteiger charge is -2.03. The number of benzene rings is 2. The number of nitrogens with zero attached hydrogens (tertiary/aromatic N) is 4. The van der Waals surface area contributed by atoms with Gasteiger partial charge in [-0.2, -0.15) is 4.68 Å². The highest BCUT2D eigenvalue weighted by atomic mass is 35.5. The number of tetrazole rings is 1. The molecule has 116 valence electrons. The van der Waals surface area contributed by atoms with E-state index in [1.807, 2.05) is 0 Å². The highest BCUT2D eigenvalue weighted by Crippen LogP contribution is 2.16. The Morgan fingerprint density at radius 1 is 1.09 bits per heavy atom. The molecule has 0 aliphatic rings. The van der Waals surface area contributed by atoms with Crippen molar-refractivity contribution in [3.8, 4) is 5.69 Å². The Kier molecular flexibility index (Phi) is 4.29. The zero-order chi connectivity index (χ0) is 16.2. The smallest absolute Gasteiger partial charge is 0.181 e. The second-order valence-electron chi connectivity index (χ2n) is 4.53. The third-order valence-electron chi connectivity index (χ3n) is 2.97. The zero-order valence-electron chi connectivity index (χ0n) is 11.6. The van der Waals surface area contributed by atoms with Crippen LogP contribution in [-0.2, 0) is 0 Å². The summed E-state index contributed by atoms with van der Waals surface area (Å²) in [4.78, 5) is 0. The van der Waals surface area contributed by atoms with Crippen LogP contribution in [0.1, 0.15) is 5.82 Å². The van der Waals surface area contributed by atoms with Gasteiger partial charge in [0.15, 0.2) is 5.82 Å². The maximum absolute atomic E-state index is 13.5. The van der Waals surface area contributed by atoms with E-state index >= 15 is 0 Å². The van der Waals surface area contributed by atoms with Gasteiger partial charge in [0.25, 0.3) is 0 Å². The van der Waals surface area contributed by atoms with Crippen LogP contribution in [0.25, 0.3) is 11.8 Å². The molecule has 0 fully saturated rings. The summed E-state index contributed by atoms with van der Waals surface area (Å²) in [6, 6.07) is 10.2. The summed E-state index contributed by atoms with van der Waals surface area (Å²) in [7, 11) is 0. The fraction of sp³-hybridized carbons (Fsp3) is 0. The molecule has 0 radical (unpaired) electrons. The molecule has 1 N–H and O–H groups in total. The molecule has 3 aromatic rings. The molecule has 3 rings (SSSR count). The molecule has 8 heteroatoms. The van der Waals surface area contributed by atoms with Crippen molar-refractivity contribution < 1.29 is 8.78 Å². The molecule has 2 aromatic carbocycles. The minimum atomic E-state index is -0.688. The Morgan fingerprint density at radius 3 is 2.61 bits per heavy atom. The maximum Gasteiger partial charge on any atom is 0.181 e. The monoisotopic (exact) mass is 333 g/mol. The molecule has 0 saturated carbocycles. The van der Waals surface area contributed by atoms with Crippen LogP contribution < -0.4 is 5.32 Å². The standard InChI is InChI=1S/C15H10ClF2N5/c16-10-1-4-12(5-2-10)23-15(20-21-22-23)7-8-19-14-6-3-11(17)9-13(14)18/h1-9,19H/b8-7-. The molecular weight excluding hydrogens is 324 g/mol. The van der Waals surface area contributed by atoms with Crippen LogP contribution in [-0.4, -0.2) is 20.2 Å². The first-order valence-electron chi connectivity index (χ1n) is 6.56. The van der Waals surface area contributed by atoms with E-state index in [0.29, 0.717) is 10.8 Å². The first kappa shape index (κ1) is 15.1. The quantitative estimate of drug-likeness (QED) is 0.791. The maximum atomic E-state index is 13.5. The Bertz CT molecular complexity index is 845. The van der Waals surface area contributed by atoms with Crippen LogP contribution in [0.3, 0.4) is 0 Å². The number of hydrogen-bond acceptors (Lipinski definition) is 4. The van der Waals surface area contributed by atoms with Gasteiger partial charge < -0.3 is 5.32 Å². The predicted octanol–water partition coefficient (Wildman–Crippen LogP) is 3.68. The van der Waals surface area contributed by atoms with Gasteiger partial charge in [0.1, 0.15) is 11.6 Å². The second-order valence-corrected chi connectivity index (χ2v) is 4.96. The van der Waals surface area contributed by atoms with E-state index in [1.54, 1.807) is 30.3 Å². The average Bonchev–Trinajstić information content (AvgIpc) is 2.99. The van der Waals surface area contributed by atoms with Crippen molar-refractivity contribution >= 4 is 23.4 Å². The lowest BCUT2D eigenvalue weighted by atomic mass is 10.3. The van der Waals surface area contributed by atoms with Crippen molar-refractivity contribution in [3.05, 3.63) is 71.1 Å². The van der Waals surface area contributed by atoms with Gasteiger partial charge in [0, 0.05) is 23.4 Å². The van der Waals surface area contributed by atoms with Crippen molar-refractivity contribution in [2.75, 3.05) is 5.32 Å². The molecule has 0 unspecified atom stereocenters. The molecule has 0 aliphatic heterocycles. The highest BCUT2D eigenvalue weighted by molar-refractivity contribution is 6.30. The van der Waals surface area contributed by atoms with Crippen LogP contribution in [0.5, 0.6) is 0 Å². The van der Waals surface area contributed by atoms with Gasteiger partial charge in [-0.1, -0.05) is 11.6 Å². The van der Waals surface area contributed by atoms with Crippen molar-refractivity contribution in [2.24, 2.45) is 0 Å². The molecule has 5 nitrogen and oxygen atoms in total. The van der Waals surface area contributed by atoms with Gasteiger partial charge in [-0.3, -0.25) is 0 Å². The molecular formula is C15H10ClF2N5. The summed E-state index contributed by atoms with van der Waals surface area (Å²) < 4.78 is 27.8. The third kappa shape index (κ3) is 3.51. The van der Waals surface area contributed by atoms with Crippen LogP contribution in [0.15, 0.2) is 48.7 Å². The molecule has 0 atom stereocenters. The molecule has 0 amide bonds. The first-order chi connectivity index (χ1) is 11.1. The Hall–Kier alpha value is -2.80. The lowest BCUT2D eigenvalue weighted by Crippen LogP contribution is -2.00. The summed E-state index contributed by atoms with van der Waals surface area (Å²) in [5, 5.41) is 14.7. The molecule has 0 spiro atoms. The SMILES string of the molecule is Fc1ccc(N/C=C\c2nnnn2-c2ccc(Cl)cc2)c(F)c1. The van der Waals surface area contributed by atoms with Gasteiger partial charge in [-0.25, -0.2) is 8.78 Å². The summed E-state index contributed by atoms with van der Waals surface area (Å²) >= 11 is 5.84. The van der Waals surface area contributed by atoms with E-state index in [9.17, 15) is 8.78 Å². The molecule has 1 aromatic heterocycles. The zero-order valence-corrected chi connectivity index (χ0v) is 12.4. The largest absolute Gasteiger partial charge is 0.359 e. The fourth-order valence-corrected chi connectivity index (χ4v) is 2.00. The number of nitrogens with one attached hydrogen (secondary N) is 1. The van der Waals surface area contributed by atoms with Gasteiger partial charge in [0.2, 0.25) is 0 Å². The predicted molar refractivity (Wildman–Crippen MR) is 83.2 cm³/mol. The van der Waals surface area contributed by atoms with Gasteiger partial charge in [-0.15, -0.1) is 5.10 Å². The summed E-state index contributed by atoms with van der Waals surface area (Å²) in [5.74, 6) is -0.891. The van der Waals surface area contributed by atoms with Crippen molar-refractivity contribution in [1.29, 1.82) is 0 Å². The van der Waals surface area contributed by atoms with Crippen molar-refractivity contribution in [1.82, 2.24) is 20.2 Å². The molecule has 1 heterocycles. The Balaban J connectivity index is 1.78. The minimum Gasteiger partial charge on any atom is -0.359 e. The topological polar surface area (TPSA) is 55.6 Å². The van der Waals surface area contributed by atoms with Gasteiger partial charge >= 0.3 is 0 Å². The van der Waals surface area contributed by atoms with Crippen LogP contribution >= 0.6 is 11.6 Å². The molecule has 0 saturated heterocycles. The van der Waals surface area contributed by atoms with E-state index in [2.05, 4.69) is 20.8 Å². The van der Waals surface area contributed by atoms with Gasteiger partial charge in [0.05, 0.1) is 11.4 Å². The van der Waals surface area contributed by atoms with E-state index in [1.165, 1.54) is 16.9 Å². The van der Waals surface area contributed by atoms with E-state index < -0.39 is 11.6 Å². The summed E-state index contributed by atoms with van der Waals surface area (Å²) in [6.07, 6.45) is 3.03. The minimum absolute atomic E-state index is 0.146. The van der Waals surface area contributed by atoms with E-state index in [0.717, 1.165) is 17.8 Å². The summed E-state index contributed by atoms with van der Waals surface area (Å²) in [5.41, 5.74) is 0.875. The number of rotatable bonds is 4. The normalized spacial score (nSPS) is 11.1. The van der Waals surface area contributed by atoms with Crippen LogP contribution in [0.4, 0.5) is 14.5 Å². The van der Waals surface area contributed by atoms with Crippen molar-refractivity contribution in [3.63, 3.8) is 0 Å². The number of halogens is 3. The molecule has 23 heavy (non-hydrogen) atoms. The second kappa shape index (κ2) is 6.53. The summed E-state index contributed by atoms with van der Waals surface area (Å²) in [6.45, 7) is 0. The fourth-order valence-electron chi connectivity index (χ4n) is 1.88. The highest BCUT2D eigenvalue weighted by Gasteiger charge is 2.05. The number of anilines is 1. The number of hydrogen-bond donors (Lipinski definition) is 1. The Labute approximate surface area is 135 Å².